The van der Waals surface area contributed by atoms with E-state index in [0.717, 1.165) is 12.0 Å². The van der Waals surface area contributed by atoms with E-state index >= 15 is 0 Å². The van der Waals surface area contributed by atoms with Gasteiger partial charge in [-0.05, 0) is 61.2 Å². The van der Waals surface area contributed by atoms with Crippen LogP contribution >= 0.6 is 11.6 Å². The van der Waals surface area contributed by atoms with Crippen LogP contribution in [0.15, 0.2) is 48.5 Å². The van der Waals surface area contributed by atoms with Crippen LogP contribution in [0.5, 0.6) is 0 Å². The van der Waals surface area contributed by atoms with Crippen molar-refractivity contribution in [3.8, 4) is 0 Å². The summed E-state index contributed by atoms with van der Waals surface area (Å²) in [6.45, 7) is 6.44. The first kappa shape index (κ1) is 21.8. The van der Waals surface area contributed by atoms with Crippen molar-refractivity contribution in [1.82, 2.24) is 4.90 Å². The molecule has 1 atom stereocenters. The molecule has 1 fully saturated rings. The summed E-state index contributed by atoms with van der Waals surface area (Å²) in [5.74, 6) is -0.339. The Labute approximate surface area is 181 Å². The fourth-order valence-electron chi connectivity index (χ4n) is 3.41. The number of hydrogen-bond acceptors (Lipinski definition) is 3. The van der Waals surface area contributed by atoms with Gasteiger partial charge in [-0.2, -0.15) is 0 Å². The summed E-state index contributed by atoms with van der Waals surface area (Å²) in [7, 11) is 0. The van der Waals surface area contributed by atoms with E-state index < -0.39 is 6.04 Å². The molecule has 0 saturated carbocycles. The molecule has 1 aliphatic rings. The maximum absolute atomic E-state index is 13.2. The third-order valence-corrected chi connectivity index (χ3v) is 5.28. The van der Waals surface area contributed by atoms with E-state index in [0.29, 0.717) is 28.9 Å². The molecule has 7 heteroatoms. The van der Waals surface area contributed by atoms with Crippen LogP contribution in [-0.2, 0) is 9.59 Å². The molecule has 0 unspecified atom stereocenters. The monoisotopic (exact) mass is 427 g/mol. The van der Waals surface area contributed by atoms with Gasteiger partial charge < -0.3 is 10.2 Å². The van der Waals surface area contributed by atoms with Crippen molar-refractivity contribution in [2.24, 2.45) is 5.92 Å². The van der Waals surface area contributed by atoms with E-state index in [1.165, 1.54) is 9.80 Å². The molecule has 158 valence electrons. The number of nitrogens with zero attached hydrogens (tertiary/aromatic N) is 2. The lowest BCUT2D eigenvalue weighted by molar-refractivity contribution is -0.124. The zero-order valence-electron chi connectivity index (χ0n) is 17.4. The minimum Gasteiger partial charge on any atom is -0.326 e. The number of halogens is 1. The molecule has 6 nitrogen and oxygen atoms in total. The third kappa shape index (κ3) is 5.00. The summed E-state index contributed by atoms with van der Waals surface area (Å²) in [6.07, 6.45) is 0.642. The highest BCUT2D eigenvalue weighted by Crippen LogP contribution is 2.28. The van der Waals surface area contributed by atoms with E-state index in [-0.39, 0.29) is 24.3 Å². The first-order valence-corrected chi connectivity index (χ1v) is 10.4. The van der Waals surface area contributed by atoms with Crippen molar-refractivity contribution < 1.29 is 14.4 Å². The SMILES string of the molecule is Cc1cccc(N2C(=O)[C@H](CC(=O)Nc3ccc(Cl)cc3)N(CCC(C)C)C2=O)c1. The summed E-state index contributed by atoms with van der Waals surface area (Å²) >= 11 is 5.88. The Morgan fingerprint density at radius 3 is 2.47 bits per heavy atom. The van der Waals surface area contributed by atoms with Crippen molar-refractivity contribution >= 4 is 40.8 Å². The lowest BCUT2D eigenvalue weighted by atomic mass is 10.1. The third-order valence-electron chi connectivity index (χ3n) is 5.03. The first-order chi connectivity index (χ1) is 14.3. The fraction of sp³-hybridized carbons (Fsp3) is 0.348. The van der Waals surface area contributed by atoms with Crippen LogP contribution in [-0.4, -0.2) is 35.3 Å². The highest BCUT2D eigenvalue weighted by molar-refractivity contribution is 6.30. The normalized spacial score (nSPS) is 16.5. The molecule has 4 amide bonds. The predicted octanol–water partition coefficient (Wildman–Crippen LogP) is 4.86. The van der Waals surface area contributed by atoms with Crippen molar-refractivity contribution in [3.63, 3.8) is 0 Å². The van der Waals surface area contributed by atoms with Gasteiger partial charge in [-0.3, -0.25) is 9.59 Å². The molecule has 3 rings (SSSR count). The lowest BCUT2D eigenvalue weighted by Crippen LogP contribution is -2.39. The van der Waals surface area contributed by atoms with Crippen LogP contribution in [0.25, 0.3) is 0 Å². The molecule has 0 aromatic heterocycles. The van der Waals surface area contributed by atoms with Crippen LogP contribution in [0.2, 0.25) is 5.02 Å². The van der Waals surface area contributed by atoms with Crippen LogP contribution in [0.1, 0.15) is 32.3 Å². The summed E-state index contributed by atoms with van der Waals surface area (Å²) in [6, 6.07) is 12.8. The number of hydrogen-bond donors (Lipinski definition) is 1. The average Bonchev–Trinajstić information content (AvgIpc) is 2.91. The molecule has 0 bridgehead atoms. The second-order valence-electron chi connectivity index (χ2n) is 7.95. The number of benzene rings is 2. The van der Waals surface area contributed by atoms with E-state index in [1.807, 2.05) is 19.1 Å². The lowest BCUT2D eigenvalue weighted by Gasteiger charge is -2.22. The number of carbonyl (C=O) groups excluding carboxylic acids is 3. The topological polar surface area (TPSA) is 69.7 Å². The molecular formula is C23H26ClN3O3. The van der Waals surface area contributed by atoms with Gasteiger partial charge in [-0.25, -0.2) is 9.69 Å². The number of amides is 4. The number of rotatable bonds is 7. The largest absolute Gasteiger partial charge is 0.332 e. The number of nitrogens with one attached hydrogen (secondary N) is 1. The number of urea groups is 1. The second kappa shape index (κ2) is 9.30. The Balaban J connectivity index is 1.81. The Morgan fingerprint density at radius 2 is 1.83 bits per heavy atom. The molecule has 0 radical (unpaired) electrons. The van der Waals surface area contributed by atoms with Gasteiger partial charge >= 0.3 is 6.03 Å². The summed E-state index contributed by atoms with van der Waals surface area (Å²) in [5.41, 5.74) is 2.07. The highest BCUT2D eigenvalue weighted by Gasteiger charge is 2.46. The number of imide groups is 1. The number of aryl methyl sites for hydroxylation is 1. The molecular weight excluding hydrogens is 402 g/mol. The average molecular weight is 428 g/mol. The molecule has 1 heterocycles. The second-order valence-corrected chi connectivity index (χ2v) is 8.38. The Kier molecular flexibility index (Phi) is 6.77. The van der Waals surface area contributed by atoms with E-state index in [1.54, 1.807) is 36.4 Å². The van der Waals surface area contributed by atoms with E-state index in [2.05, 4.69) is 19.2 Å². The van der Waals surface area contributed by atoms with Crippen molar-refractivity contribution in [1.29, 1.82) is 0 Å². The minimum absolute atomic E-state index is 0.104. The fourth-order valence-corrected chi connectivity index (χ4v) is 3.54. The van der Waals surface area contributed by atoms with Crippen molar-refractivity contribution in [3.05, 3.63) is 59.1 Å². The zero-order valence-corrected chi connectivity index (χ0v) is 18.1. The van der Waals surface area contributed by atoms with Gasteiger partial charge in [0.1, 0.15) is 6.04 Å². The predicted molar refractivity (Wildman–Crippen MR) is 119 cm³/mol. The van der Waals surface area contributed by atoms with E-state index in [9.17, 15) is 14.4 Å². The van der Waals surface area contributed by atoms with Crippen molar-refractivity contribution in [2.45, 2.75) is 39.7 Å². The standard InChI is InChI=1S/C23H26ClN3O3/c1-15(2)11-12-26-20(14-21(28)25-18-9-7-17(24)8-10-18)22(29)27(23(26)30)19-6-4-5-16(3)13-19/h4-10,13,15,20H,11-12,14H2,1-3H3,(H,25,28)/t20-/m0/s1. The Morgan fingerprint density at radius 1 is 1.13 bits per heavy atom. The highest BCUT2D eigenvalue weighted by atomic mass is 35.5. The van der Waals surface area contributed by atoms with E-state index in [4.69, 9.17) is 11.6 Å². The smallest absolute Gasteiger partial charge is 0.326 e. The molecule has 1 saturated heterocycles. The van der Waals surface area contributed by atoms with Crippen LogP contribution in [0.3, 0.4) is 0 Å². The molecule has 1 aliphatic heterocycles. The number of anilines is 2. The van der Waals surface area contributed by atoms with Crippen LogP contribution < -0.4 is 10.2 Å². The first-order valence-electron chi connectivity index (χ1n) is 10.0. The summed E-state index contributed by atoms with van der Waals surface area (Å²) in [4.78, 5) is 41.6. The summed E-state index contributed by atoms with van der Waals surface area (Å²) < 4.78 is 0. The number of carbonyl (C=O) groups is 3. The zero-order chi connectivity index (χ0) is 21.8. The minimum atomic E-state index is -0.830. The van der Waals surface area contributed by atoms with Crippen LogP contribution in [0, 0.1) is 12.8 Å². The van der Waals surface area contributed by atoms with Gasteiger partial charge in [0, 0.05) is 17.3 Å². The molecule has 0 aliphatic carbocycles. The maximum Gasteiger partial charge on any atom is 0.332 e. The van der Waals surface area contributed by atoms with Crippen LogP contribution in [0.4, 0.5) is 16.2 Å². The molecule has 0 spiro atoms. The van der Waals surface area contributed by atoms with Gasteiger partial charge in [0.25, 0.3) is 5.91 Å². The Hall–Kier alpha value is -2.86. The molecule has 1 N–H and O–H groups in total. The maximum atomic E-state index is 13.2. The summed E-state index contributed by atoms with van der Waals surface area (Å²) in [5, 5.41) is 3.34. The Bertz CT molecular complexity index is 943. The van der Waals surface area contributed by atoms with Gasteiger partial charge in [-0.15, -0.1) is 0 Å². The van der Waals surface area contributed by atoms with Crippen molar-refractivity contribution in [2.75, 3.05) is 16.8 Å². The molecule has 2 aromatic rings. The van der Waals surface area contributed by atoms with Gasteiger partial charge in [0.15, 0.2) is 0 Å². The van der Waals surface area contributed by atoms with Gasteiger partial charge in [0.05, 0.1) is 12.1 Å². The molecule has 2 aromatic carbocycles. The quantitative estimate of drug-likeness (QED) is 0.641. The molecule has 30 heavy (non-hydrogen) atoms. The van der Waals surface area contributed by atoms with Gasteiger partial charge in [-0.1, -0.05) is 37.6 Å². The van der Waals surface area contributed by atoms with Gasteiger partial charge in [0.2, 0.25) is 5.91 Å².